The van der Waals surface area contributed by atoms with Gasteiger partial charge in [-0.05, 0) is 37.1 Å². The van der Waals surface area contributed by atoms with E-state index in [-0.39, 0.29) is 29.1 Å². The average molecular weight is 487 g/mol. The van der Waals surface area contributed by atoms with Crippen LogP contribution in [0.2, 0.25) is 0 Å². The number of aryl methyl sites for hydroxylation is 1. The Morgan fingerprint density at radius 2 is 1.91 bits per heavy atom. The minimum Gasteiger partial charge on any atom is -0.478 e. The lowest BCUT2D eigenvalue weighted by Crippen LogP contribution is -2.38. The van der Waals surface area contributed by atoms with Crippen molar-refractivity contribution in [3.8, 4) is 5.88 Å². The number of pyridine rings is 1. The molecule has 0 saturated carbocycles. The van der Waals surface area contributed by atoms with E-state index in [9.17, 15) is 23.2 Å². The molecule has 11 heteroatoms. The van der Waals surface area contributed by atoms with Crippen molar-refractivity contribution in [3.05, 3.63) is 96.8 Å². The number of nitrogens with zero attached hydrogens (tertiary/aromatic N) is 3. The van der Waals surface area contributed by atoms with Gasteiger partial charge in [-0.25, -0.2) is 18.6 Å². The second-order valence-electron chi connectivity index (χ2n) is 7.44. The summed E-state index contributed by atoms with van der Waals surface area (Å²) in [6.45, 7) is 3.88. The van der Waals surface area contributed by atoms with Gasteiger partial charge in [0, 0.05) is 30.6 Å². The van der Waals surface area contributed by atoms with Gasteiger partial charge >= 0.3 is 5.69 Å². The Morgan fingerprint density at radius 3 is 2.59 bits per heavy atom. The Kier molecular flexibility index (Phi) is 6.55. The summed E-state index contributed by atoms with van der Waals surface area (Å²) in [5.41, 5.74) is 0.0411. The zero-order valence-electron chi connectivity index (χ0n) is 18.3. The van der Waals surface area contributed by atoms with Gasteiger partial charge in [0.05, 0.1) is 13.2 Å². The van der Waals surface area contributed by atoms with Crippen LogP contribution in [0.3, 0.4) is 0 Å². The van der Waals surface area contributed by atoms with Crippen molar-refractivity contribution in [2.24, 2.45) is 0 Å². The second-order valence-corrected chi connectivity index (χ2v) is 8.47. The third-order valence-electron chi connectivity index (χ3n) is 5.09. The fourth-order valence-corrected chi connectivity index (χ4v) is 4.35. The standard InChI is InChI=1S/C23H20F2N4O4S/c1-3-33-19-7-5-15(9-26-19)10-27-20(30)18-12-29-22(34-18)13(2)21(31)28(23(29)32)11-14-4-6-16(24)17(25)8-14/h4-9,12H,3,10-11H2,1-2H3,(H,27,30). The largest absolute Gasteiger partial charge is 0.478 e. The maximum atomic E-state index is 13.6. The molecule has 0 radical (unpaired) electrons. The molecule has 0 aliphatic rings. The van der Waals surface area contributed by atoms with E-state index in [4.69, 9.17) is 4.74 Å². The Bertz CT molecular complexity index is 1490. The number of fused-ring (bicyclic) bond motifs is 1. The van der Waals surface area contributed by atoms with Crippen molar-refractivity contribution in [3.63, 3.8) is 0 Å². The molecule has 8 nitrogen and oxygen atoms in total. The second kappa shape index (κ2) is 9.56. The lowest BCUT2D eigenvalue weighted by molar-refractivity contribution is 0.0954. The monoisotopic (exact) mass is 486 g/mol. The van der Waals surface area contributed by atoms with Gasteiger partial charge in [0.25, 0.3) is 11.5 Å². The summed E-state index contributed by atoms with van der Waals surface area (Å²) < 4.78 is 34.2. The first-order valence-corrected chi connectivity index (χ1v) is 11.2. The van der Waals surface area contributed by atoms with E-state index in [1.165, 1.54) is 16.7 Å². The highest BCUT2D eigenvalue weighted by Crippen LogP contribution is 2.19. The van der Waals surface area contributed by atoms with E-state index < -0.39 is 28.8 Å². The van der Waals surface area contributed by atoms with Gasteiger partial charge in [0.1, 0.15) is 9.71 Å². The van der Waals surface area contributed by atoms with Crippen LogP contribution in [-0.2, 0) is 13.1 Å². The molecule has 0 aliphatic carbocycles. The molecule has 0 unspecified atom stereocenters. The number of aromatic nitrogens is 3. The number of rotatable bonds is 7. The first-order valence-electron chi connectivity index (χ1n) is 10.3. The highest BCUT2D eigenvalue weighted by atomic mass is 32.1. The number of carbonyl (C=O) groups is 1. The summed E-state index contributed by atoms with van der Waals surface area (Å²) in [5, 5.41) is 2.76. The molecule has 0 bridgehead atoms. The Balaban J connectivity index is 1.59. The maximum Gasteiger partial charge on any atom is 0.336 e. The molecule has 0 spiro atoms. The van der Waals surface area contributed by atoms with Crippen molar-refractivity contribution in [2.75, 3.05) is 6.61 Å². The maximum absolute atomic E-state index is 13.6. The van der Waals surface area contributed by atoms with Gasteiger partial charge in [0.15, 0.2) is 11.6 Å². The first-order chi connectivity index (χ1) is 16.3. The molecule has 3 aromatic heterocycles. The normalized spacial score (nSPS) is 11.1. The van der Waals surface area contributed by atoms with E-state index in [0.29, 0.717) is 17.3 Å². The van der Waals surface area contributed by atoms with Crippen LogP contribution < -0.4 is 21.3 Å². The summed E-state index contributed by atoms with van der Waals surface area (Å²) in [4.78, 5) is 43.2. The van der Waals surface area contributed by atoms with Crippen molar-refractivity contribution in [1.29, 1.82) is 0 Å². The van der Waals surface area contributed by atoms with Gasteiger partial charge in [-0.2, -0.15) is 0 Å². The van der Waals surface area contributed by atoms with Gasteiger partial charge in [-0.15, -0.1) is 11.3 Å². The van der Waals surface area contributed by atoms with Crippen LogP contribution in [0.4, 0.5) is 8.78 Å². The van der Waals surface area contributed by atoms with E-state index in [0.717, 1.165) is 33.6 Å². The molecule has 0 atom stereocenters. The quantitative estimate of drug-likeness (QED) is 0.434. The molecule has 3 heterocycles. The van der Waals surface area contributed by atoms with E-state index in [2.05, 4.69) is 10.3 Å². The molecular weight excluding hydrogens is 466 g/mol. The number of hydrogen-bond donors (Lipinski definition) is 1. The Morgan fingerprint density at radius 1 is 1.15 bits per heavy atom. The molecule has 1 amide bonds. The van der Waals surface area contributed by atoms with E-state index in [1.807, 2.05) is 6.92 Å². The number of ether oxygens (including phenoxy) is 1. The summed E-state index contributed by atoms with van der Waals surface area (Å²) in [5.74, 6) is -2.02. The fourth-order valence-electron chi connectivity index (χ4n) is 3.35. The Labute approximate surface area is 196 Å². The van der Waals surface area contributed by atoms with Crippen molar-refractivity contribution >= 4 is 22.1 Å². The highest BCUT2D eigenvalue weighted by molar-refractivity contribution is 7.19. The smallest absolute Gasteiger partial charge is 0.336 e. The molecule has 0 aliphatic heterocycles. The fraction of sp³-hybridized carbons (Fsp3) is 0.217. The summed E-state index contributed by atoms with van der Waals surface area (Å²) in [7, 11) is 0. The van der Waals surface area contributed by atoms with Crippen LogP contribution in [0.15, 0.2) is 52.3 Å². The summed E-state index contributed by atoms with van der Waals surface area (Å²) >= 11 is 1.02. The number of halogens is 2. The van der Waals surface area contributed by atoms with Gasteiger partial charge in [-0.3, -0.25) is 18.6 Å². The van der Waals surface area contributed by atoms with Crippen molar-refractivity contribution in [1.82, 2.24) is 19.3 Å². The van der Waals surface area contributed by atoms with Crippen LogP contribution in [0.25, 0.3) is 4.83 Å². The van der Waals surface area contributed by atoms with Gasteiger partial charge in [0.2, 0.25) is 5.88 Å². The van der Waals surface area contributed by atoms with Crippen LogP contribution in [-0.4, -0.2) is 26.5 Å². The molecule has 1 aromatic carbocycles. The van der Waals surface area contributed by atoms with Crippen LogP contribution in [0, 0.1) is 18.6 Å². The van der Waals surface area contributed by atoms with Crippen LogP contribution in [0.5, 0.6) is 5.88 Å². The van der Waals surface area contributed by atoms with Gasteiger partial charge < -0.3 is 10.1 Å². The lowest BCUT2D eigenvalue weighted by Gasteiger charge is -2.08. The molecule has 1 N–H and O–H groups in total. The van der Waals surface area contributed by atoms with E-state index in [1.54, 1.807) is 25.3 Å². The predicted octanol–water partition coefficient (Wildman–Crippen LogP) is 2.88. The molecule has 176 valence electrons. The molecule has 0 saturated heterocycles. The molecule has 34 heavy (non-hydrogen) atoms. The SMILES string of the molecule is CCOc1ccc(CNC(=O)c2cn3c(=O)n(Cc4ccc(F)c(F)c4)c(=O)c(C)c3s2)cn1. The topological polar surface area (TPSA) is 94.7 Å². The van der Waals surface area contributed by atoms with Crippen molar-refractivity contribution in [2.45, 2.75) is 26.9 Å². The number of amides is 1. The molecular formula is C23H20F2N4O4S. The minimum absolute atomic E-state index is 0.212. The average Bonchev–Trinajstić information content (AvgIpc) is 3.28. The predicted molar refractivity (Wildman–Crippen MR) is 123 cm³/mol. The lowest BCUT2D eigenvalue weighted by atomic mass is 10.2. The third kappa shape index (κ3) is 4.60. The third-order valence-corrected chi connectivity index (χ3v) is 6.29. The molecule has 4 aromatic rings. The Hall–Kier alpha value is -3.86. The van der Waals surface area contributed by atoms with Crippen LogP contribution in [0.1, 0.15) is 33.3 Å². The molecule has 0 fully saturated rings. The number of nitrogens with one attached hydrogen (secondary N) is 1. The van der Waals surface area contributed by atoms with E-state index >= 15 is 0 Å². The van der Waals surface area contributed by atoms with Crippen LogP contribution >= 0.6 is 11.3 Å². The van der Waals surface area contributed by atoms with Gasteiger partial charge in [-0.1, -0.05) is 12.1 Å². The first kappa shape index (κ1) is 23.3. The number of benzene rings is 1. The highest BCUT2D eigenvalue weighted by Gasteiger charge is 2.18. The minimum atomic E-state index is -1.07. The number of hydrogen-bond acceptors (Lipinski definition) is 6. The summed E-state index contributed by atoms with van der Waals surface area (Å²) in [6, 6.07) is 6.66. The summed E-state index contributed by atoms with van der Waals surface area (Å²) in [6.07, 6.45) is 2.96. The molecule has 4 rings (SSSR count). The van der Waals surface area contributed by atoms with Crippen molar-refractivity contribution < 1.29 is 18.3 Å². The number of carbonyl (C=O) groups excluding carboxylic acids is 1. The zero-order chi connectivity index (χ0) is 24.4. The zero-order valence-corrected chi connectivity index (χ0v) is 19.1. The number of thiazole rings is 1.